The Labute approximate surface area is 165 Å². The van der Waals surface area contributed by atoms with Crippen molar-refractivity contribution < 1.29 is 13.6 Å². The van der Waals surface area contributed by atoms with E-state index < -0.39 is 0 Å². The molecule has 1 amide bonds. The molecule has 0 unspecified atom stereocenters. The van der Waals surface area contributed by atoms with Gasteiger partial charge in [0.25, 0.3) is 5.91 Å². The smallest absolute Gasteiger partial charge is 0.290 e. The van der Waals surface area contributed by atoms with Gasteiger partial charge in [-0.3, -0.25) is 4.79 Å². The quantitative estimate of drug-likeness (QED) is 0.451. The minimum absolute atomic E-state index is 0.0492. The number of likely N-dealkylation sites (tertiary alicyclic amines) is 1. The van der Waals surface area contributed by atoms with Crippen LogP contribution in [0.3, 0.4) is 0 Å². The third-order valence-electron chi connectivity index (χ3n) is 5.07. The van der Waals surface area contributed by atoms with Gasteiger partial charge in [0.05, 0.1) is 21.8 Å². The summed E-state index contributed by atoms with van der Waals surface area (Å²) in [4.78, 5) is 19.6. The van der Waals surface area contributed by atoms with Crippen molar-refractivity contribution in [3.8, 4) is 11.3 Å². The van der Waals surface area contributed by atoms with Crippen molar-refractivity contribution in [3.63, 3.8) is 0 Å². The Kier molecular flexibility index (Phi) is 4.20. The van der Waals surface area contributed by atoms with E-state index in [2.05, 4.69) is 0 Å². The van der Waals surface area contributed by atoms with Gasteiger partial charge in [0.2, 0.25) is 0 Å². The Morgan fingerprint density at radius 3 is 2.79 bits per heavy atom. The van der Waals surface area contributed by atoms with E-state index in [1.165, 1.54) is 6.07 Å². The van der Waals surface area contributed by atoms with Crippen LogP contribution in [0.5, 0.6) is 0 Å². The first-order valence-corrected chi connectivity index (χ1v) is 10.0. The second-order valence-corrected chi connectivity index (χ2v) is 7.88. The molecule has 2 aromatic heterocycles. The van der Waals surface area contributed by atoms with Crippen molar-refractivity contribution in [1.29, 1.82) is 0 Å². The third kappa shape index (κ3) is 2.90. The van der Waals surface area contributed by atoms with Crippen molar-refractivity contribution in [2.24, 2.45) is 0 Å². The highest BCUT2D eigenvalue weighted by molar-refractivity contribution is 7.18. The van der Waals surface area contributed by atoms with Gasteiger partial charge >= 0.3 is 0 Å². The maximum absolute atomic E-state index is 14.0. The molecule has 1 fully saturated rings. The van der Waals surface area contributed by atoms with Crippen molar-refractivity contribution in [2.45, 2.75) is 18.9 Å². The Bertz CT molecular complexity index is 1130. The Balaban J connectivity index is 1.44. The summed E-state index contributed by atoms with van der Waals surface area (Å²) >= 11 is 1.63. The zero-order valence-electron chi connectivity index (χ0n) is 15.0. The summed E-state index contributed by atoms with van der Waals surface area (Å²) in [5.74, 6) is 0.0390. The largest absolute Gasteiger partial charge is 0.451 e. The summed E-state index contributed by atoms with van der Waals surface area (Å²) < 4.78 is 20.9. The monoisotopic (exact) mass is 392 g/mol. The minimum atomic E-state index is -0.371. The van der Waals surface area contributed by atoms with Crippen LogP contribution in [0.25, 0.3) is 21.5 Å². The van der Waals surface area contributed by atoms with Crippen molar-refractivity contribution in [1.82, 2.24) is 9.88 Å². The number of aromatic nitrogens is 1. The second-order valence-electron chi connectivity index (χ2n) is 6.82. The molecule has 4 nitrogen and oxygen atoms in total. The molecule has 0 bridgehead atoms. The molecule has 0 radical (unpaired) electrons. The molecule has 1 saturated heterocycles. The number of nitrogens with zero attached hydrogens (tertiary/aromatic N) is 2. The lowest BCUT2D eigenvalue weighted by Crippen LogP contribution is -2.30. The summed E-state index contributed by atoms with van der Waals surface area (Å²) in [5, 5.41) is 0.952. The molecule has 0 saturated carbocycles. The van der Waals surface area contributed by atoms with Crippen LogP contribution in [0.4, 0.5) is 4.39 Å². The van der Waals surface area contributed by atoms with Crippen molar-refractivity contribution in [3.05, 3.63) is 77.2 Å². The van der Waals surface area contributed by atoms with E-state index in [0.29, 0.717) is 17.9 Å². The number of hydrogen-bond donors (Lipinski definition) is 0. The summed E-state index contributed by atoms with van der Waals surface area (Å²) in [6, 6.07) is 17.6. The molecule has 28 heavy (non-hydrogen) atoms. The number of carbonyl (C=O) groups is 1. The number of thiazole rings is 1. The summed E-state index contributed by atoms with van der Waals surface area (Å²) in [5.41, 5.74) is 1.31. The first-order chi connectivity index (χ1) is 13.7. The summed E-state index contributed by atoms with van der Waals surface area (Å²) in [6.45, 7) is 0.662. The molecule has 0 spiro atoms. The van der Waals surface area contributed by atoms with Crippen LogP contribution >= 0.6 is 11.3 Å². The third-order valence-corrected chi connectivity index (χ3v) is 6.20. The number of para-hydroxylation sites is 1. The van der Waals surface area contributed by atoms with Crippen LogP contribution < -0.4 is 0 Å². The van der Waals surface area contributed by atoms with Gasteiger partial charge in [0.1, 0.15) is 16.6 Å². The lowest BCUT2D eigenvalue weighted by atomic mass is 10.1. The first-order valence-electron chi connectivity index (χ1n) is 9.22. The number of benzene rings is 2. The van der Waals surface area contributed by atoms with Crippen molar-refractivity contribution >= 4 is 27.5 Å². The van der Waals surface area contributed by atoms with Crippen LogP contribution in [0.15, 0.2) is 65.1 Å². The van der Waals surface area contributed by atoms with Gasteiger partial charge < -0.3 is 9.32 Å². The highest BCUT2D eigenvalue weighted by atomic mass is 32.1. The van der Waals surface area contributed by atoms with Crippen LogP contribution in [-0.2, 0) is 0 Å². The number of fused-ring (bicyclic) bond motifs is 1. The molecule has 0 aliphatic carbocycles. The molecule has 6 heteroatoms. The lowest BCUT2D eigenvalue weighted by molar-refractivity contribution is 0.0704. The minimum Gasteiger partial charge on any atom is -0.451 e. The van der Waals surface area contributed by atoms with Crippen molar-refractivity contribution in [2.75, 3.05) is 6.54 Å². The highest BCUT2D eigenvalue weighted by Crippen LogP contribution is 2.37. The summed E-state index contributed by atoms with van der Waals surface area (Å²) in [6.07, 6.45) is 1.81. The fourth-order valence-electron chi connectivity index (χ4n) is 3.70. The number of furan rings is 1. The van der Waals surface area contributed by atoms with E-state index >= 15 is 0 Å². The average Bonchev–Trinajstić information content (AvgIpc) is 3.45. The first kappa shape index (κ1) is 17.1. The van der Waals surface area contributed by atoms with Gasteiger partial charge in [-0.15, -0.1) is 11.3 Å². The zero-order chi connectivity index (χ0) is 19.1. The van der Waals surface area contributed by atoms with Gasteiger partial charge in [0.15, 0.2) is 5.76 Å². The van der Waals surface area contributed by atoms with Gasteiger partial charge in [-0.25, -0.2) is 9.37 Å². The van der Waals surface area contributed by atoms with Gasteiger partial charge in [-0.2, -0.15) is 0 Å². The van der Waals surface area contributed by atoms with E-state index in [9.17, 15) is 9.18 Å². The molecular formula is C22H17FN2O2S. The number of amides is 1. The van der Waals surface area contributed by atoms with E-state index in [4.69, 9.17) is 9.40 Å². The fraction of sp³-hybridized carbons (Fsp3) is 0.182. The maximum atomic E-state index is 14.0. The molecule has 5 rings (SSSR count). The molecule has 1 atom stereocenters. The number of carbonyl (C=O) groups excluding carboxylic acids is 1. The van der Waals surface area contributed by atoms with Crippen LogP contribution in [0.1, 0.15) is 34.4 Å². The van der Waals surface area contributed by atoms with E-state index in [1.807, 2.05) is 29.2 Å². The van der Waals surface area contributed by atoms with E-state index in [0.717, 1.165) is 28.1 Å². The molecule has 140 valence electrons. The Hall–Kier alpha value is -2.99. The van der Waals surface area contributed by atoms with Gasteiger partial charge in [-0.05, 0) is 49.2 Å². The second kappa shape index (κ2) is 6.87. The van der Waals surface area contributed by atoms with E-state index in [1.54, 1.807) is 41.7 Å². The molecule has 0 N–H and O–H groups in total. The number of rotatable bonds is 3. The molecule has 4 aromatic rings. The molecule has 2 aromatic carbocycles. The van der Waals surface area contributed by atoms with Crippen LogP contribution in [0, 0.1) is 5.82 Å². The standard InChI is InChI=1S/C22H17FN2O2S/c23-15-7-2-1-6-14(15)18-11-12-19(27-18)22(26)25-13-5-9-17(25)21-24-16-8-3-4-10-20(16)28-21/h1-4,6-8,10-12,17H,5,9,13H2/t17-/m1/s1. The SMILES string of the molecule is O=C(c1ccc(-c2ccccc2F)o1)N1CCC[C@@H]1c1nc2ccccc2s1. The fourth-order valence-corrected chi connectivity index (χ4v) is 4.81. The maximum Gasteiger partial charge on any atom is 0.290 e. The molecule has 1 aliphatic rings. The Morgan fingerprint density at radius 1 is 1.11 bits per heavy atom. The zero-order valence-corrected chi connectivity index (χ0v) is 15.8. The highest BCUT2D eigenvalue weighted by Gasteiger charge is 2.34. The predicted octanol–water partition coefficient (Wildman–Crippen LogP) is 5.67. The summed E-state index contributed by atoms with van der Waals surface area (Å²) in [7, 11) is 0. The normalized spacial score (nSPS) is 16.8. The molecule has 1 aliphatic heterocycles. The predicted molar refractivity (Wildman–Crippen MR) is 107 cm³/mol. The van der Waals surface area contributed by atoms with Gasteiger partial charge in [0, 0.05) is 6.54 Å². The topological polar surface area (TPSA) is 46.3 Å². The van der Waals surface area contributed by atoms with Crippen LogP contribution in [-0.4, -0.2) is 22.3 Å². The van der Waals surface area contributed by atoms with Crippen LogP contribution in [0.2, 0.25) is 0 Å². The molecular weight excluding hydrogens is 375 g/mol. The number of hydrogen-bond acceptors (Lipinski definition) is 4. The molecule has 3 heterocycles. The van der Waals surface area contributed by atoms with E-state index in [-0.39, 0.29) is 23.5 Å². The average molecular weight is 392 g/mol. The Morgan fingerprint density at radius 2 is 1.93 bits per heavy atom. The van der Waals surface area contributed by atoms with Gasteiger partial charge in [-0.1, -0.05) is 24.3 Å². The lowest BCUT2D eigenvalue weighted by Gasteiger charge is -2.21. The number of halogens is 1.